The normalized spacial score (nSPS) is 13.4. The van der Waals surface area contributed by atoms with Gasteiger partial charge in [-0.25, -0.2) is 0 Å². The van der Waals surface area contributed by atoms with Crippen LogP contribution in [0.1, 0.15) is 39.1 Å². The van der Waals surface area contributed by atoms with Gasteiger partial charge in [0.05, 0.1) is 16.4 Å². The summed E-state index contributed by atoms with van der Waals surface area (Å²) in [6.45, 7) is 10.2. The van der Waals surface area contributed by atoms with Crippen molar-refractivity contribution in [2.45, 2.75) is 47.1 Å². The second kappa shape index (κ2) is 6.41. The Morgan fingerprint density at radius 3 is 2.41 bits per heavy atom. The van der Waals surface area contributed by atoms with Crippen molar-refractivity contribution in [2.24, 2.45) is 17.6 Å². The molecule has 0 fully saturated rings. The number of nitrogens with zero attached hydrogens (tertiary/aromatic N) is 2. The summed E-state index contributed by atoms with van der Waals surface area (Å²) in [6, 6.07) is 0. The van der Waals surface area contributed by atoms with E-state index in [-0.39, 0.29) is 0 Å². The summed E-state index contributed by atoms with van der Waals surface area (Å²) in [6.07, 6.45) is 1.81. The van der Waals surface area contributed by atoms with Crippen LogP contribution < -0.4 is 5.73 Å². The van der Waals surface area contributed by atoms with Crippen molar-refractivity contribution in [3.63, 3.8) is 0 Å². The van der Waals surface area contributed by atoms with Crippen LogP contribution in [0, 0.1) is 11.8 Å². The average molecular weight is 258 g/mol. The predicted octanol–water partition coefficient (Wildman–Crippen LogP) is 2.89. The van der Waals surface area contributed by atoms with Crippen LogP contribution in [-0.4, -0.2) is 16.3 Å². The minimum absolute atomic E-state index is 0.471. The molecule has 2 N–H and O–H groups in total. The van der Waals surface area contributed by atoms with Crippen LogP contribution in [0.25, 0.3) is 0 Å². The molecule has 1 unspecified atom stereocenters. The lowest BCUT2D eigenvalue weighted by atomic mass is 9.91. The first-order valence-electron chi connectivity index (χ1n) is 6.49. The van der Waals surface area contributed by atoms with E-state index < -0.39 is 0 Å². The highest BCUT2D eigenvalue weighted by atomic mass is 35.5. The highest BCUT2D eigenvalue weighted by molar-refractivity contribution is 6.31. The molecule has 3 nitrogen and oxygen atoms in total. The van der Waals surface area contributed by atoms with Crippen molar-refractivity contribution in [2.75, 3.05) is 6.54 Å². The van der Waals surface area contributed by atoms with Crippen LogP contribution in [0.5, 0.6) is 0 Å². The Morgan fingerprint density at radius 1 is 1.35 bits per heavy atom. The van der Waals surface area contributed by atoms with Crippen LogP contribution in [-0.2, 0) is 19.4 Å². The zero-order chi connectivity index (χ0) is 13.0. The third-order valence-electron chi connectivity index (χ3n) is 3.40. The molecule has 17 heavy (non-hydrogen) atoms. The monoisotopic (exact) mass is 257 g/mol. The lowest BCUT2D eigenvalue weighted by Crippen LogP contribution is -2.23. The van der Waals surface area contributed by atoms with Crippen LogP contribution >= 0.6 is 11.6 Å². The summed E-state index contributed by atoms with van der Waals surface area (Å²) in [5.74, 6) is 1.04. The van der Waals surface area contributed by atoms with Gasteiger partial charge in [0.1, 0.15) is 0 Å². The molecule has 98 valence electrons. The molecular formula is C13H24ClN3. The maximum absolute atomic E-state index is 6.39. The molecule has 0 spiro atoms. The molecule has 0 radical (unpaired) electrons. The summed E-state index contributed by atoms with van der Waals surface area (Å²) in [4.78, 5) is 0. The molecule has 0 amide bonds. The van der Waals surface area contributed by atoms with Crippen molar-refractivity contribution in [1.29, 1.82) is 0 Å². The molecule has 0 aliphatic rings. The van der Waals surface area contributed by atoms with E-state index in [1.807, 2.05) is 4.68 Å². The van der Waals surface area contributed by atoms with Gasteiger partial charge in [-0.1, -0.05) is 32.4 Å². The lowest BCUT2D eigenvalue weighted by molar-refractivity contribution is 0.380. The number of halogens is 1. The van der Waals surface area contributed by atoms with Gasteiger partial charge in [-0.2, -0.15) is 5.10 Å². The molecule has 0 saturated heterocycles. The average Bonchev–Trinajstić information content (AvgIpc) is 2.62. The number of aryl methyl sites for hydroxylation is 2. The molecule has 1 aromatic rings. The van der Waals surface area contributed by atoms with E-state index in [2.05, 4.69) is 32.8 Å². The zero-order valence-corrected chi connectivity index (χ0v) is 12.1. The van der Waals surface area contributed by atoms with Gasteiger partial charge in [-0.3, -0.25) is 4.68 Å². The number of hydrogen-bond acceptors (Lipinski definition) is 2. The smallest absolute Gasteiger partial charge is 0.0849 e. The Bertz CT molecular complexity index is 358. The van der Waals surface area contributed by atoms with Gasteiger partial charge in [0, 0.05) is 6.54 Å². The topological polar surface area (TPSA) is 43.8 Å². The van der Waals surface area contributed by atoms with Crippen LogP contribution in [0.3, 0.4) is 0 Å². The molecule has 4 heteroatoms. The minimum atomic E-state index is 0.471. The van der Waals surface area contributed by atoms with Gasteiger partial charge >= 0.3 is 0 Å². The van der Waals surface area contributed by atoms with Crippen molar-refractivity contribution in [1.82, 2.24) is 9.78 Å². The van der Waals surface area contributed by atoms with Gasteiger partial charge in [0.25, 0.3) is 0 Å². The third-order valence-corrected chi connectivity index (χ3v) is 3.83. The molecule has 0 saturated carbocycles. The third kappa shape index (κ3) is 3.23. The highest BCUT2D eigenvalue weighted by Crippen LogP contribution is 2.26. The second-order valence-corrected chi connectivity index (χ2v) is 5.20. The van der Waals surface area contributed by atoms with Gasteiger partial charge in [-0.05, 0) is 38.1 Å². The van der Waals surface area contributed by atoms with Crippen molar-refractivity contribution < 1.29 is 0 Å². The van der Waals surface area contributed by atoms with Crippen molar-refractivity contribution in [3.8, 4) is 0 Å². The maximum atomic E-state index is 6.39. The first kappa shape index (κ1) is 14.5. The Hall–Kier alpha value is -0.540. The molecule has 0 aliphatic carbocycles. The molecule has 0 aliphatic heterocycles. The number of aromatic nitrogens is 2. The minimum Gasteiger partial charge on any atom is -0.330 e. The van der Waals surface area contributed by atoms with Gasteiger partial charge in [0.2, 0.25) is 0 Å². The zero-order valence-electron chi connectivity index (χ0n) is 11.3. The standard InChI is InChI=1S/C13H24ClN3/c1-5-11-13(14)12(17(6-2)16-11)7-10(8-15)9(3)4/h9-10H,5-8,15H2,1-4H3. The fraction of sp³-hybridized carbons (Fsp3) is 0.769. The quantitative estimate of drug-likeness (QED) is 0.852. The van der Waals surface area contributed by atoms with E-state index in [1.165, 1.54) is 0 Å². The highest BCUT2D eigenvalue weighted by Gasteiger charge is 2.19. The first-order chi connectivity index (χ1) is 8.04. The Labute approximate surface area is 109 Å². The Balaban J connectivity index is 2.99. The SMILES string of the molecule is CCc1nn(CC)c(CC(CN)C(C)C)c1Cl. The molecule has 1 aromatic heterocycles. The molecule has 1 rings (SSSR count). The van der Waals surface area contributed by atoms with Gasteiger partial charge in [-0.15, -0.1) is 0 Å². The number of hydrogen-bond donors (Lipinski definition) is 1. The van der Waals surface area contributed by atoms with E-state index in [0.717, 1.165) is 35.8 Å². The summed E-state index contributed by atoms with van der Waals surface area (Å²) >= 11 is 6.39. The molecule has 0 aromatic carbocycles. The van der Waals surface area contributed by atoms with Crippen molar-refractivity contribution in [3.05, 3.63) is 16.4 Å². The second-order valence-electron chi connectivity index (χ2n) is 4.82. The van der Waals surface area contributed by atoms with Crippen LogP contribution in [0.2, 0.25) is 5.02 Å². The van der Waals surface area contributed by atoms with E-state index >= 15 is 0 Å². The first-order valence-corrected chi connectivity index (χ1v) is 6.86. The van der Waals surface area contributed by atoms with Crippen molar-refractivity contribution >= 4 is 11.6 Å². The van der Waals surface area contributed by atoms with Crippen LogP contribution in [0.4, 0.5) is 0 Å². The number of nitrogens with two attached hydrogens (primary N) is 1. The van der Waals surface area contributed by atoms with E-state index in [4.69, 9.17) is 17.3 Å². The molecule has 0 bridgehead atoms. The molecule has 1 heterocycles. The lowest BCUT2D eigenvalue weighted by Gasteiger charge is -2.19. The molecular weight excluding hydrogens is 234 g/mol. The Kier molecular flexibility index (Phi) is 5.47. The van der Waals surface area contributed by atoms with E-state index in [9.17, 15) is 0 Å². The summed E-state index contributed by atoms with van der Waals surface area (Å²) in [5.41, 5.74) is 7.98. The maximum Gasteiger partial charge on any atom is 0.0849 e. The Morgan fingerprint density at radius 2 is 2.00 bits per heavy atom. The van der Waals surface area contributed by atoms with E-state index in [1.54, 1.807) is 0 Å². The fourth-order valence-electron chi connectivity index (χ4n) is 2.05. The number of rotatable bonds is 6. The predicted molar refractivity (Wildman–Crippen MR) is 73.4 cm³/mol. The van der Waals surface area contributed by atoms with E-state index in [0.29, 0.717) is 18.4 Å². The van der Waals surface area contributed by atoms with Gasteiger partial charge in [0.15, 0.2) is 0 Å². The fourth-order valence-corrected chi connectivity index (χ4v) is 2.40. The summed E-state index contributed by atoms with van der Waals surface area (Å²) < 4.78 is 2.02. The molecule has 1 atom stereocenters. The van der Waals surface area contributed by atoms with Gasteiger partial charge < -0.3 is 5.73 Å². The summed E-state index contributed by atoms with van der Waals surface area (Å²) in [7, 11) is 0. The van der Waals surface area contributed by atoms with Crippen LogP contribution in [0.15, 0.2) is 0 Å². The summed E-state index contributed by atoms with van der Waals surface area (Å²) in [5, 5.41) is 5.38. The largest absolute Gasteiger partial charge is 0.330 e.